The standard InChI is InChI=1S/C35H40O2/c1-24(2)31-21-35(3)32(18-19-33(35)37-23-26-12-8-5-9-13-26)30-16-14-27-20-28(15-17-29(27)34(30)31)36-22-25-10-6-4-7-11-25/h4-13,15,17,20,30-34H,1,14,16,18-19,21-23H2,2-3H3/t30-,31?,32-,33-,34+,35-/m0/s1. The van der Waals surface area contributed by atoms with Crippen LogP contribution in [-0.2, 0) is 24.4 Å². The minimum Gasteiger partial charge on any atom is -0.489 e. The molecule has 2 nitrogen and oxygen atoms in total. The third kappa shape index (κ3) is 4.66. The van der Waals surface area contributed by atoms with E-state index in [9.17, 15) is 0 Å². The molecule has 37 heavy (non-hydrogen) atoms. The van der Waals surface area contributed by atoms with Crippen LogP contribution in [-0.4, -0.2) is 6.10 Å². The van der Waals surface area contributed by atoms with Gasteiger partial charge in [-0.2, -0.15) is 0 Å². The van der Waals surface area contributed by atoms with E-state index in [-0.39, 0.29) is 5.41 Å². The van der Waals surface area contributed by atoms with Crippen LogP contribution in [0.2, 0.25) is 0 Å². The summed E-state index contributed by atoms with van der Waals surface area (Å²) in [6.45, 7) is 10.6. The topological polar surface area (TPSA) is 18.5 Å². The highest BCUT2D eigenvalue weighted by atomic mass is 16.5. The van der Waals surface area contributed by atoms with Crippen molar-refractivity contribution in [2.24, 2.45) is 23.2 Å². The summed E-state index contributed by atoms with van der Waals surface area (Å²) < 4.78 is 12.9. The molecule has 6 rings (SSSR count). The average Bonchev–Trinajstić information content (AvgIpc) is 3.27. The fourth-order valence-electron chi connectivity index (χ4n) is 7.99. The van der Waals surface area contributed by atoms with Gasteiger partial charge >= 0.3 is 0 Å². The summed E-state index contributed by atoms with van der Waals surface area (Å²) >= 11 is 0. The number of rotatable bonds is 7. The van der Waals surface area contributed by atoms with Gasteiger partial charge in [0.15, 0.2) is 0 Å². The van der Waals surface area contributed by atoms with Crippen molar-refractivity contribution in [1.82, 2.24) is 0 Å². The predicted octanol–water partition coefficient (Wildman–Crippen LogP) is 8.51. The first-order valence-electron chi connectivity index (χ1n) is 14.1. The summed E-state index contributed by atoms with van der Waals surface area (Å²) in [6.07, 6.45) is 6.38. The van der Waals surface area contributed by atoms with Gasteiger partial charge in [0.1, 0.15) is 12.4 Å². The molecule has 2 heteroatoms. The van der Waals surface area contributed by atoms with Crippen LogP contribution in [0.5, 0.6) is 5.75 Å². The van der Waals surface area contributed by atoms with Crippen LogP contribution in [0.15, 0.2) is 91.0 Å². The Morgan fingerprint density at radius 3 is 2.30 bits per heavy atom. The van der Waals surface area contributed by atoms with Gasteiger partial charge in [0, 0.05) is 0 Å². The lowest BCUT2D eigenvalue weighted by Gasteiger charge is -2.54. The Hall–Kier alpha value is -2.84. The predicted molar refractivity (Wildman–Crippen MR) is 151 cm³/mol. The molecule has 0 saturated heterocycles. The highest BCUT2D eigenvalue weighted by Gasteiger charge is 2.58. The Balaban J connectivity index is 1.22. The van der Waals surface area contributed by atoms with Crippen molar-refractivity contribution in [2.45, 2.75) is 71.2 Å². The molecule has 1 unspecified atom stereocenters. The second-order valence-electron chi connectivity index (χ2n) is 12.0. The molecule has 192 valence electrons. The van der Waals surface area contributed by atoms with Gasteiger partial charge in [-0.3, -0.25) is 0 Å². The summed E-state index contributed by atoms with van der Waals surface area (Å²) in [5, 5.41) is 0. The van der Waals surface area contributed by atoms with E-state index in [0.29, 0.717) is 37.1 Å². The average molecular weight is 493 g/mol. The van der Waals surface area contributed by atoms with Gasteiger partial charge in [0.25, 0.3) is 0 Å². The molecule has 0 N–H and O–H groups in total. The first kappa shape index (κ1) is 24.5. The van der Waals surface area contributed by atoms with Crippen LogP contribution in [0.4, 0.5) is 0 Å². The summed E-state index contributed by atoms with van der Waals surface area (Å²) in [5.74, 6) is 3.48. The number of hydrogen-bond donors (Lipinski definition) is 0. The zero-order valence-electron chi connectivity index (χ0n) is 22.4. The SMILES string of the molecule is C=C(C)C1C[C@]2(C)[C@@H](OCc3ccccc3)CC[C@H]2[C@@H]2CCc3cc(OCc4ccccc4)ccc3[C@@H]12. The Kier molecular flexibility index (Phi) is 6.71. The van der Waals surface area contributed by atoms with Gasteiger partial charge in [-0.05, 0) is 103 Å². The van der Waals surface area contributed by atoms with E-state index in [1.807, 2.05) is 6.07 Å². The molecule has 3 aliphatic carbocycles. The Bertz CT molecular complexity index is 1230. The summed E-state index contributed by atoms with van der Waals surface area (Å²) in [4.78, 5) is 0. The quantitative estimate of drug-likeness (QED) is 0.308. The molecule has 3 aromatic carbocycles. The van der Waals surface area contributed by atoms with E-state index in [0.717, 1.165) is 18.1 Å². The van der Waals surface area contributed by atoms with Gasteiger partial charge in [-0.15, -0.1) is 0 Å². The first-order chi connectivity index (χ1) is 18.0. The zero-order valence-corrected chi connectivity index (χ0v) is 22.4. The van der Waals surface area contributed by atoms with Crippen molar-refractivity contribution in [3.8, 4) is 5.75 Å². The molecule has 0 aromatic heterocycles. The van der Waals surface area contributed by atoms with Gasteiger partial charge < -0.3 is 9.47 Å². The van der Waals surface area contributed by atoms with E-state index >= 15 is 0 Å². The number of benzene rings is 3. The van der Waals surface area contributed by atoms with Crippen molar-refractivity contribution in [3.05, 3.63) is 113 Å². The lowest BCUT2D eigenvalue weighted by Crippen LogP contribution is -2.48. The zero-order chi connectivity index (χ0) is 25.4. The van der Waals surface area contributed by atoms with Crippen molar-refractivity contribution in [1.29, 1.82) is 0 Å². The number of ether oxygens (including phenoxy) is 2. The molecule has 0 amide bonds. The molecule has 2 fully saturated rings. The van der Waals surface area contributed by atoms with Crippen LogP contribution < -0.4 is 4.74 Å². The molecule has 0 bridgehead atoms. The Morgan fingerprint density at radius 1 is 0.892 bits per heavy atom. The Labute approximate surface area is 222 Å². The van der Waals surface area contributed by atoms with Crippen LogP contribution in [0.3, 0.4) is 0 Å². The highest BCUT2D eigenvalue weighted by molar-refractivity contribution is 5.42. The number of fused-ring (bicyclic) bond motifs is 5. The molecule has 0 aliphatic heterocycles. The van der Waals surface area contributed by atoms with Crippen molar-refractivity contribution >= 4 is 0 Å². The monoisotopic (exact) mass is 492 g/mol. The molecule has 3 aliphatic rings. The normalized spacial score (nSPS) is 30.2. The second-order valence-corrected chi connectivity index (χ2v) is 12.0. The number of allylic oxidation sites excluding steroid dienone is 1. The van der Waals surface area contributed by atoms with E-state index < -0.39 is 0 Å². The van der Waals surface area contributed by atoms with Crippen LogP contribution in [0, 0.1) is 23.2 Å². The lowest BCUT2D eigenvalue weighted by atomic mass is 9.51. The third-order valence-electron chi connectivity index (χ3n) is 9.79. The van der Waals surface area contributed by atoms with Gasteiger partial charge in [0.05, 0.1) is 12.7 Å². The van der Waals surface area contributed by atoms with E-state index in [1.165, 1.54) is 47.9 Å². The van der Waals surface area contributed by atoms with E-state index in [4.69, 9.17) is 9.47 Å². The fourth-order valence-corrected chi connectivity index (χ4v) is 7.99. The minimum absolute atomic E-state index is 0.218. The largest absolute Gasteiger partial charge is 0.489 e. The minimum atomic E-state index is 0.218. The molecule has 6 atom stereocenters. The van der Waals surface area contributed by atoms with Crippen LogP contribution in [0.25, 0.3) is 0 Å². The van der Waals surface area contributed by atoms with Gasteiger partial charge in [-0.25, -0.2) is 0 Å². The van der Waals surface area contributed by atoms with E-state index in [2.05, 4.69) is 93.2 Å². The van der Waals surface area contributed by atoms with Gasteiger partial charge in [-0.1, -0.05) is 85.8 Å². The molecule has 2 saturated carbocycles. The maximum Gasteiger partial charge on any atom is 0.120 e. The second kappa shape index (κ2) is 10.1. The Morgan fingerprint density at radius 2 is 1.59 bits per heavy atom. The summed E-state index contributed by atoms with van der Waals surface area (Å²) in [5.41, 5.74) is 7.07. The van der Waals surface area contributed by atoms with Crippen molar-refractivity contribution < 1.29 is 9.47 Å². The number of hydrogen-bond acceptors (Lipinski definition) is 2. The smallest absolute Gasteiger partial charge is 0.120 e. The summed E-state index contributed by atoms with van der Waals surface area (Å²) in [7, 11) is 0. The molecule has 3 aromatic rings. The molecule has 0 heterocycles. The van der Waals surface area contributed by atoms with Crippen molar-refractivity contribution in [3.63, 3.8) is 0 Å². The molecular weight excluding hydrogens is 452 g/mol. The fraction of sp³-hybridized carbons (Fsp3) is 0.429. The first-order valence-corrected chi connectivity index (χ1v) is 14.1. The van der Waals surface area contributed by atoms with Crippen LogP contribution in [0.1, 0.15) is 67.7 Å². The molecule has 0 radical (unpaired) electrons. The molecular formula is C35H40O2. The van der Waals surface area contributed by atoms with E-state index in [1.54, 1.807) is 5.56 Å². The molecule has 0 spiro atoms. The maximum absolute atomic E-state index is 6.67. The lowest BCUT2D eigenvalue weighted by molar-refractivity contribution is -0.0818. The maximum atomic E-state index is 6.67. The highest BCUT2D eigenvalue weighted by Crippen LogP contribution is 2.64. The van der Waals surface area contributed by atoms with Gasteiger partial charge in [0.2, 0.25) is 0 Å². The third-order valence-corrected chi connectivity index (χ3v) is 9.79. The number of aryl methyl sites for hydroxylation is 1. The van der Waals surface area contributed by atoms with Crippen molar-refractivity contribution in [2.75, 3.05) is 0 Å². The van der Waals surface area contributed by atoms with Crippen LogP contribution >= 0.6 is 0 Å². The summed E-state index contributed by atoms with van der Waals surface area (Å²) in [6, 6.07) is 28.0.